The predicted molar refractivity (Wildman–Crippen MR) is 54.8 cm³/mol. The number of aromatic nitrogens is 2. The van der Waals surface area contributed by atoms with E-state index < -0.39 is 0 Å². The largest absolute Gasteiger partial charge is 0.466 e. The van der Waals surface area contributed by atoms with Crippen molar-refractivity contribution in [3.8, 4) is 0 Å². The van der Waals surface area contributed by atoms with Gasteiger partial charge in [0, 0.05) is 13.2 Å². The van der Waals surface area contributed by atoms with Crippen LogP contribution in [0.3, 0.4) is 0 Å². The third kappa shape index (κ3) is 1.70. The third-order valence-electron chi connectivity index (χ3n) is 2.25. The Kier molecular flexibility index (Phi) is 2.19. The van der Waals surface area contributed by atoms with E-state index >= 15 is 0 Å². The molecule has 0 aliphatic rings. The Balaban J connectivity index is 2.40. The minimum absolute atomic E-state index is 0.0440. The van der Waals surface area contributed by atoms with Crippen molar-refractivity contribution in [2.45, 2.75) is 13.8 Å². The zero-order valence-electron chi connectivity index (χ0n) is 8.94. The van der Waals surface area contributed by atoms with Crippen LogP contribution in [0.4, 0.5) is 0 Å². The molecule has 0 radical (unpaired) electrons. The summed E-state index contributed by atoms with van der Waals surface area (Å²) in [4.78, 5) is 12.0. The molecule has 78 valence electrons. The maximum atomic E-state index is 12.0. The number of ketones is 1. The van der Waals surface area contributed by atoms with E-state index in [1.165, 1.54) is 0 Å². The van der Waals surface area contributed by atoms with E-state index in [-0.39, 0.29) is 5.78 Å². The molecule has 0 saturated heterocycles. The molecule has 2 rings (SSSR count). The van der Waals surface area contributed by atoms with Crippen LogP contribution in [-0.4, -0.2) is 15.6 Å². The zero-order chi connectivity index (χ0) is 11.0. The van der Waals surface area contributed by atoms with Crippen molar-refractivity contribution in [1.82, 2.24) is 9.78 Å². The molecular weight excluding hydrogens is 192 g/mol. The molecule has 4 nitrogen and oxygen atoms in total. The standard InChI is InChI=1S/C11H12N2O2/c1-7-4-10(8(2)15-7)11(14)9-5-12-13(3)6-9/h4-6H,1-3H3. The number of carbonyl (C=O) groups excluding carboxylic acids is 1. The highest BCUT2D eigenvalue weighted by Crippen LogP contribution is 2.17. The van der Waals surface area contributed by atoms with Gasteiger partial charge in [0.25, 0.3) is 0 Å². The van der Waals surface area contributed by atoms with E-state index in [1.807, 2.05) is 6.92 Å². The SMILES string of the molecule is Cc1cc(C(=O)c2cnn(C)c2)c(C)o1. The molecule has 0 aliphatic carbocycles. The number of aryl methyl sites for hydroxylation is 3. The van der Waals surface area contributed by atoms with Crippen molar-refractivity contribution in [2.24, 2.45) is 7.05 Å². The van der Waals surface area contributed by atoms with Crippen LogP contribution in [0.2, 0.25) is 0 Å². The fourth-order valence-electron chi connectivity index (χ4n) is 1.55. The first kappa shape index (κ1) is 9.71. The van der Waals surface area contributed by atoms with Crippen LogP contribution in [0.15, 0.2) is 22.9 Å². The van der Waals surface area contributed by atoms with Gasteiger partial charge in [-0.1, -0.05) is 0 Å². The second-order valence-electron chi connectivity index (χ2n) is 3.56. The average molecular weight is 204 g/mol. The summed E-state index contributed by atoms with van der Waals surface area (Å²) in [7, 11) is 1.78. The summed E-state index contributed by atoms with van der Waals surface area (Å²) in [6.07, 6.45) is 3.26. The van der Waals surface area contributed by atoms with Gasteiger partial charge in [-0.2, -0.15) is 5.10 Å². The smallest absolute Gasteiger partial charge is 0.199 e. The summed E-state index contributed by atoms with van der Waals surface area (Å²) in [5.74, 6) is 1.36. The Hall–Kier alpha value is -1.84. The second-order valence-corrected chi connectivity index (χ2v) is 3.56. The number of furan rings is 1. The van der Waals surface area contributed by atoms with Gasteiger partial charge in [0.1, 0.15) is 11.5 Å². The minimum atomic E-state index is -0.0440. The van der Waals surface area contributed by atoms with Crippen LogP contribution in [0.1, 0.15) is 27.4 Å². The highest BCUT2D eigenvalue weighted by Gasteiger charge is 2.16. The van der Waals surface area contributed by atoms with Gasteiger partial charge in [0.05, 0.1) is 17.3 Å². The van der Waals surface area contributed by atoms with E-state index in [9.17, 15) is 4.79 Å². The third-order valence-corrected chi connectivity index (χ3v) is 2.25. The molecule has 2 heterocycles. The molecule has 0 bridgehead atoms. The van der Waals surface area contributed by atoms with Crippen LogP contribution >= 0.6 is 0 Å². The Morgan fingerprint density at radius 1 is 1.47 bits per heavy atom. The Morgan fingerprint density at radius 3 is 2.67 bits per heavy atom. The molecule has 0 aromatic carbocycles. The lowest BCUT2D eigenvalue weighted by Crippen LogP contribution is -1.99. The van der Waals surface area contributed by atoms with Gasteiger partial charge in [-0.25, -0.2) is 0 Å². The van der Waals surface area contributed by atoms with Gasteiger partial charge in [-0.15, -0.1) is 0 Å². The van der Waals surface area contributed by atoms with E-state index in [2.05, 4.69) is 5.10 Å². The first-order chi connectivity index (χ1) is 7.08. The molecule has 0 unspecified atom stereocenters. The summed E-state index contributed by atoms with van der Waals surface area (Å²) in [5.41, 5.74) is 1.20. The van der Waals surface area contributed by atoms with Crippen molar-refractivity contribution in [2.75, 3.05) is 0 Å². The monoisotopic (exact) mass is 204 g/mol. The van der Waals surface area contributed by atoms with Gasteiger partial charge in [-0.3, -0.25) is 9.48 Å². The second kappa shape index (κ2) is 3.38. The van der Waals surface area contributed by atoms with Gasteiger partial charge in [-0.05, 0) is 19.9 Å². The maximum Gasteiger partial charge on any atom is 0.199 e. The number of rotatable bonds is 2. The van der Waals surface area contributed by atoms with E-state index in [4.69, 9.17) is 4.42 Å². The first-order valence-electron chi connectivity index (χ1n) is 4.68. The van der Waals surface area contributed by atoms with Crippen molar-refractivity contribution < 1.29 is 9.21 Å². The molecule has 0 aliphatic heterocycles. The van der Waals surface area contributed by atoms with E-state index in [1.54, 1.807) is 37.1 Å². The molecule has 0 atom stereocenters. The molecular formula is C11H12N2O2. The summed E-state index contributed by atoms with van der Waals surface area (Å²) >= 11 is 0. The quantitative estimate of drug-likeness (QED) is 0.701. The fourth-order valence-corrected chi connectivity index (χ4v) is 1.55. The topological polar surface area (TPSA) is 48.0 Å². The van der Waals surface area contributed by atoms with Crippen molar-refractivity contribution in [3.63, 3.8) is 0 Å². The van der Waals surface area contributed by atoms with E-state index in [0.29, 0.717) is 16.9 Å². The highest BCUT2D eigenvalue weighted by molar-refractivity contribution is 6.09. The van der Waals surface area contributed by atoms with Gasteiger partial charge >= 0.3 is 0 Å². The summed E-state index contributed by atoms with van der Waals surface area (Å²) < 4.78 is 6.92. The first-order valence-corrected chi connectivity index (χ1v) is 4.68. The van der Waals surface area contributed by atoms with Crippen LogP contribution in [0, 0.1) is 13.8 Å². The normalized spacial score (nSPS) is 10.6. The van der Waals surface area contributed by atoms with Crippen molar-refractivity contribution in [3.05, 3.63) is 41.1 Å². The average Bonchev–Trinajstić information content (AvgIpc) is 2.71. The van der Waals surface area contributed by atoms with Gasteiger partial charge in [0.15, 0.2) is 5.78 Å². The lowest BCUT2D eigenvalue weighted by atomic mass is 10.1. The molecule has 0 saturated carbocycles. The minimum Gasteiger partial charge on any atom is -0.466 e. The summed E-state index contributed by atoms with van der Waals surface area (Å²) in [5, 5.41) is 3.96. The molecule has 2 aromatic rings. The molecule has 0 spiro atoms. The molecule has 4 heteroatoms. The number of carbonyl (C=O) groups is 1. The molecule has 0 fully saturated rings. The molecule has 0 N–H and O–H groups in total. The van der Waals surface area contributed by atoms with Gasteiger partial charge in [0.2, 0.25) is 0 Å². The molecule has 2 aromatic heterocycles. The van der Waals surface area contributed by atoms with Crippen LogP contribution in [0.25, 0.3) is 0 Å². The number of hydrogen-bond donors (Lipinski definition) is 0. The summed E-state index contributed by atoms with van der Waals surface area (Å²) in [6, 6.07) is 1.75. The molecule has 15 heavy (non-hydrogen) atoms. The number of nitrogens with zero attached hydrogens (tertiary/aromatic N) is 2. The van der Waals surface area contributed by atoms with Crippen LogP contribution in [0.5, 0.6) is 0 Å². The van der Waals surface area contributed by atoms with Crippen LogP contribution < -0.4 is 0 Å². The number of hydrogen-bond acceptors (Lipinski definition) is 3. The van der Waals surface area contributed by atoms with Crippen molar-refractivity contribution in [1.29, 1.82) is 0 Å². The zero-order valence-corrected chi connectivity index (χ0v) is 8.94. The Bertz CT molecular complexity index is 508. The Morgan fingerprint density at radius 2 is 2.20 bits per heavy atom. The van der Waals surface area contributed by atoms with Crippen LogP contribution in [-0.2, 0) is 7.05 Å². The molecule has 0 amide bonds. The Labute approximate surface area is 87.5 Å². The predicted octanol–water partition coefficient (Wildman–Crippen LogP) is 1.86. The van der Waals surface area contributed by atoms with Crippen molar-refractivity contribution >= 4 is 5.78 Å². The summed E-state index contributed by atoms with van der Waals surface area (Å²) in [6.45, 7) is 3.61. The lowest BCUT2D eigenvalue weighted by Gasteiger charge is -1.93. The fraction of sp³-hybridized carbons (Fsp3) is 0.273. The maximum absolute atomic E-state index is 12.0. The van der Waals surface area contributed by atoms with Gasteiger partial charge < -0.3 is 4.42 Å². The van der Waals surface area contributed by atoms with E-state index in [0.717, 1.165) is 5.76 Å². The highest BCUT2D eigenvalue weighted by atomic mass is 16.3. The lowest BCUT2D eigenvalue weighted by molar-refractivity contribution is 0.103.